The Balaban J connectivity index is 1.31. The number of tetrazole rings is 1. The molecule has 4 aromatic rings. The number of phenols is 1. The van der Waals surface area contributed by atoms with Crippen molar-refractivity contribution in [1.29, 1.82) is 0 Å². The predicted octanol–water partition coefficient (Wildman–Crippen LogP) is 2.48. The number of aromatic hydroxyl groups is 1. The number of rotatable bonds is 10. The Morgan fingerprint density at radius 1 is 0.921 bits per heavy atom. The van der Waals surface area contributed by atoms with E-state index in [1.165, 1.54) is 10.4 Å². The summed E-state index contributed by atoms with van der Waals surface area (Å²) in [7, 11) is 0. The van der Waals surface area contributed by atoms with E-state index in [-0.39, 0.29) is 18.2 Å². The average Bonchev–Trinajstić information content (AvgIpc) is 3.40. The Hall–Kier alpha value is -4.08. The number of phenolic OH excluding ortho intramolecular Hbond substituents is 1. The fourth-order valence-corrected chi connectivity index (χ4v) is 4.96. The zero-order valence-corrected chi connectivity index (χ0v) is 21.2. The number of carboxylic acids is 1. The highest BCUT2D eigenvalue weighted by molar-refractivity contribution is 5.64. The summed E-state index contributed by atoms with van der Waals surface area (Å²) in [6.07, 6.45) is 0.351. The molecule has 2 heterocycles. The first-order valence-electron chi connectivity index (χ1n) is 12.9. The molecule has 1 unspecified atom stereocenters. The number of hydrogen-bond donors (Lipinski definition) is 1. The van der Waals surface area contributed by atoms with Gasteiger partial charge in [-0.3, -0.25) is 9.80 Å². The molecular formula is C29H31N6O3-. The van der Waals surface area contributed by atoms with Gasteiger partial charge in [-0.1, -0.05) is 66.7 Å². The molecule has 0 spiro atoms. The SMILES string of the molecule is O=C([O-])CCCn1nnc(-c2ccc(C(c3cccc(O)c3)N3CCN(Cc4ccccc4)CC3)cc2)n1. The third-order valence-corrected chi connectivity index (χ3v) is 6.88. The van der Waals surface area contributed by atoms with Crippen LogP contribution >= 0.6 is 0 Å². The minimum Gasteiger partial charge on any atom is -0.550 e. The van der Waals surface area contributed by atoms with E-state index >= 15 is 0 Å². The van der Waals surface area contributed by atoms with E-state index in [9.17, 15) is 15.0 Å². The first-order chi connectivity index (χ1) is 18.5. The summed E-state index contributed by atoms with van der Waals surface area (Å²) >= 11 is 0. The molecule has 1 atom stereocenters. The lowest BCUT2D eigenvalue weighted by Gasteiger charge is -2.40. The van der Waals surface area contributed by atoms with E-state index in [2.05, 4.69) is 67.7 Å². The van der Waals surface area contributed by atoms with E-state index in [1.807, 2.05) is 30.3 Å². The van der Waals surface area contributed by atoms with Crippen LogP contribution in [0.5, 0.6) is 5.75 Å². The first kappa shape index (κ1) is 25.6. The van der Waals surface area contributed by atoms with Crippen molar-refractivity contribution in [3.8, 4) is 17.1 Å². The van der Waals surface area contributed by atoms with Gasteiger partial charge in [-0.25, -0.2) is 0 Å². The van der Waals surface area contributed by atoms with Crippen molar-refractivity contribution in [3.63, 3.8) is 0 Å². The summed E-state index contributed by atoms with van der Waals surface area (Å²) < 4.78 is 0. The number of aliphatic carboxylic acids is 1. The zero-order valence-electron chi connectivity index (χ0n) is 21.2. The number of nitrogens with zero attached hydrogens (tertiary/aromatic N) is 6. The number of hydrogen-bond acceptors (Lipinski definition) is 8. The summed E-state index contributed by atoms with van der Waals surface area (Å²) in [4.78, 5) is 17.0. The number of carbonyl (C=O) groups excluding carboxylic acids is 1. The monoisotopic (exact) mass is 511 g/mol. The van der Waals surface area contributed by atoms with Crippen LogP contribution in [0.25, 0.3) is 11.4 Å². The number of carbonyl (C=O) groups is 1. The molecule has 0 radical (unpaired) electrons. The van der Waals surface area contributed by atoms with E-state index in [4.69, 9.17) is 0 Å². The van der Waals surface area contributed by atoms with Gasteiger partial charge in [0.1, 0.15) is 5.75 Å². The molecule has 0 aliphatic carbocycles. The molecule has 1 N–H and O–H groups in total. The summed E-state index contributed by atoms with van der Waals surface area (Å²) in [5.74, 6) is -0.334. The van der Waals surface area contributed by atoms with Crippen LogP contribution in [-0.4, -0.2) is 67.3 Å². The summed E-state index contributed by atoms with van der Waals surface area (Å²) in [6.45, 7) is 5.07. The molecule has 1 fully saturated rings. The molecule has 3 aromatic carbocycles. The second-order valence-corrected chi connectivity index (χ2v) is 9.60. The molecule has 1 saturated heterocycles. The Morgan fingerprint density at radius 3 is 2.39 bits per heavy atom. The molecule has 9 nitrogen and oxygen atoms in total. The van der Waals surface area contributed by atoms with Gasteiger partial charge in [0.2, 0.25) is 5.82 Å². The van der Waals surface area contributed by atoms with Crippen molar-refractivity contribution in [3.05, 3.63) is 95.6 Å². The van der Waals surface area contributed by atoms with Crippen LogP contribution < -0.4 is 5.11 Å². The normalized spacial score (nSPS) is 15.4. The van der Waals surface area contributed by atoms with Crippen LogP contribution in [0.2, 0.25) is 0 Å². The second kappa shape index (κ2) is 12.0. The van der Waals surface area contributed by atoms with Gasteiger partial charge in [-0.2, -0.15) is 4.80 Å². The lowest BCUT2D eigenvalue weighted by atomic mass is 9.95. The van der Waals surface area contributed by atoms with Crippen molar-refractivity contribution in [2.45, 2.75) is 32.0 Å². The lowest BCUT2D eigenvalue weighted by molar-refractivity contribution is -0.305. The molecule has 196 valence electrons. The van der Waals surface area contributed by atoms with Gasteiger partial charge in [0.25, 0.3) is 0 Å². The highest BCUT2D eigenvalue weighted by atomic mass is 16.4. The molecule has 0 amide bonds. The molecule has 1 aromatic heterocycles. The van der Waals surface area contributed by atoms with Gasteiger partial charge in [0, 0.05) is 44.3 Å². The quantitative estimate of drug-likeness (QED) is 0.346. The highest BCUT2D eigenvalue weighted by Crippen LogP contribution is 2.32. The maximum absolute atomic E-state index is 10.6. The third kappa shape index (κ3) is 6.42. The molecule has 9 heteroatoms. The van der Waals surface area contributed by atoms with Crippen LogP contribution in [0.4, 0.5) is 0 Å². The van der Waals surface area contributed by atoms with Crippen LogP contribution in [0.3, 0.4) is 0 Å². The average molecular weight is 512 g/mol. The summed E-state index contributed by atoms with van der Waals surface area (Å²) in [5.41, 5.74) is 4.33. The molecule has 1 aliphatic heterocycles. The van der Waals surface area contributed by atoms with Crippen LogP contribution in [0, 0.1) is 0 Å². The Kier molecular flexibility index (Phi) is 8.06. The summed E-state index contributed by atoms with van der Waals surface area (Å²) in [6, 6.07) is 26.2. The van der Waals surface area contributed by atoms with Crippen molar-refractivity contribution in [1.82, 2.24) is 30.0 Å². The number of aromatic nitrogens is 4. The fraction of sp³-hybridized carbons (Fsp3) is 0.310. The maximum Gasteiger partial charge on any atom is 0.204 e. The van der Waals surface area contributed by atoms with Crippen LogP contribution in [-0.2, 0) is 17.9 Å². The fourth-order valence-electron chi connectivity index (χ4n) is 4.96. The van der Waals surface area contributed by atoms with E-state index in [0.717, 1.165) is 49.4 Å². The minimum absolute atomic E-state index is 0.00305. The molecule has 1 aliphatic rings. The smallest absolute Gasteiger partial charge is 0.204 e. The van der Waals surface area contributed by atoms with Crippen LogP contribution in [0.1, 0.15) is 35.6 Å². The standard InChI is InChI=1S/C29H32N6O3/c36-26-9-4-8-25(20-26)28(34-18-16-33(17-19-34)21-22-6-2-1-3-7-22)23-11-13-24(14-12-23)29-30-32-35(31-29)15-5-10-27(37)38/h1-4,6-9,11-14,20,28,36H,5,10,15-19,21H2,(H,37,38)/p-1. The summed E-state index contributed by atoms with van der Waals surface area (Å²) in [5, 5.41) is 33.4. The van der Waals surface area contributed by atoms with Gasteiger partial charge in [-0.15, -0.1) is 10.2 Å². The number of piperazine rings is 1. The lowest BCUT2D eigenvalue weighted by Crippen LogP contribution is -2.47. The topological polar surface area (TPSA) is 110 Å². The molecule has 5 rings (SSSR count). The van der Waals surface area contributed by atoms with Crippen molar-refractivity contribution < 1.29 is 15.0 Å². The van der Waals surface area contributed by atoms with Crippen LogP contribution in [0.15, 0.2) is 78.9 Å². The zero-order chi connectivity index (χ0) is 26.3. The third-order valence-electron chi connectivity index (χ3n) is 6.88. The largest absolute Gasteiger partial charge is 0.550 e. The van der Waals surface area contributed by atoms with Crippen molar-refractivity contribution in [2.24, 2.45) is 0 Å². The van der Waals surface area contributed by atoms with Gasteiger partial charge < -0.3 is 15.0 Å². The molecular weight excluding hydrogens is 480 g/mol. The maximum atomic E-state index is 10.6. The van der Waals surface area contributed by atoms with Crippen molar-refractivity contribution >= 4 is 5.97 Å². The predicted molar refractivity (Wildman–Crippen MR) is 141 cm³/mol. The van der Waals surface area contributed by atoms with Gasteiger partial charge >= 0.3 is 0 Å². The van der Waals surface area contributed by atoms with Gasteiger partial charge in [0.05, 0.1) is 12.6 Å². The van der Waals surface area contributed by atoms with Gasteiger partial charge in [-0.05, 0) is 46.9 Å². The number of aryl methyl sites for hydroxylation is 1. The van der Waals surface area contributed by atoms with Crippen molar-refractivity contribution in [2.75, 3.05) is 26.2 Å². The molecule has 0 saturated carbocycles. The van der Waals surface area contributed by atoms with Gasteiger partial charge in [0.15, 0.2) is 0 Å². The Labute approximate surface area is 221 Å². The number of benzene rings is 3. The van der Waals surface area contributed by atoms with E-state index in [0.29, 0.717) is 18.8 Å². The minimum atomic E-state index is -1.08. The number of carboxylic acid groups (broad SMARTS) is 1. The second-order valence-electron chi connectivity index (χ2n) is 9.60. The highest BCUT2D eigenvalue weighted by Gasteiger charge is 2.27. The molecule has 38 heavy (non-hydrogen) atoms. The Bertz CT molecular complexity index is 1330. The molecule has 0 bridgehead atoms. The van der Waals surface area contributed by atoms with E-state index in [1.54, 1.807) is 6.07 Å². The van der Waals surface area contributed by atoms with E-state index < -0.39 is 5.97 Å². The Morgan fingerprint density at radius 2 is 1.68 bits per heavy atom. The first-order valence-corrected chi connectivity index (χ1v) is 12.9.